The maximum atomic E-state index is 12.4. The van der Waals surface area contributed by atoms with Gasteiger partial charge in [-0.05, 0) is 31.4 Å². The van der Waals surface area contributed by atoms with Crippen LogP contribution in [-0.2, 0) is 4.79 Å². The highest BCUT2D eigenvalue weighted by Gasteiger charge is 2.30. The van der Waals surface area contributed by atoms with Gasteiger partial charge in [-0.3, -0.25) is 4.79 Å². The summed E-state index contributed by atoms with van der Waals surface area (Å²) in [5.41, 5.74) is 1.35. The predicted molar refractivity (Wildman–Crippen MR) is 82.6 cm³/mol. The van der Waals surface area contributed by atoms with Crippen LogP contribution in [0.3, 0.4) is 0 Å². The zero-order chi connectivity index (χ0) is 14.9. The third-order valence-electron chi connectivity index (χ3n) is 4.69. The summed E-state index contributed by atoms with van der Waals surface area (Å²) >= 11 is 0. The Bertz CT molecular complexity index is 647. The lowest BCUT2D eigenvalue weighted by atomic mass is 9.84. The first kappa shape index (κ1) is 13.5. The van der Waals surface area contributed by atoms with Crippen LogP contribution in [0.5, 0.6) is 0 Å². The molecule has 0 unspecified atom stereocenters. The number of amides is 1. The quantitative estimate of drug-likeness (QED) is 0.849. The average Bonchev–Trinajstić information content (AvgIpc) is 2.74. The van der Waals surface area contributed by atoms with Gasteiger partial charge in [-0.25, -0.2) is 4.98 Å². The van der Waals surface area contributed by atoms with Gasteiger partial charge in [0.05, 0.1) is 0 Å². The largest absolute Gasteiger partial charge is 0.422 e. The Labute approximate surface area is 129 Å². The topological polar surface area (TPSA) is 62.5 Å². The Kier molecular flexibility index (Phi) is 3.44. The Hall–Kier alpha value is -2.11. The zero-order valence-electron chi connectivity index (χ0n) is 12.6. The SMILES string of the molecule is O=C(C1CCC1)N1CCCN(c2nc3ncccc3o2)CC1. The summed E-state index contributed by atoms with van der Waals surface area (Å²) in [5, 5.41) is 0. The Morgan fingerprint density at radius 3 is 2.86 bits per heavy atom. The number of carbonyl (C=O) groups is 1. The Balaban J connectivity index is 1.46. The predicted octanol–water partition coefficient (Wildman–Crippen LogP) is 2.06. The van der Waals surface area contributed by atoms with Crippen molar-refractivity contribution in [2.24, 2.45) is 5.92 Å². The molecule has 0 bridgehead atoms. The van der Waals surface area contributed by atoms with Gasteiger partial charge < -0.3 is 14.2 Å². The van der Waals surface area contributed by atoms with Crippen molar-refractivity contribution in [3.63, 3.8) is 0 Å². The van der Waals surface area contributed by atoms with E-state index in [1.807, 2.05) is 17.0 Å². The van der Waals surface area contributed by atoms with Gasteiger partial charge in [0, 0.05) is 38.3 Å². The second-order valence-corrected chi connectivity index (χ2v) is 6.12. The molecule has 0 aromatic carbocycles. The molecule has 1 aliphatic heterocycles. The molecule has 1 saturated heterocycles. The van der Waals surface area contributed by atoms with Crippen LogP contribution in [0.2, 0.25) is 0 Å². The number of nitrogens with zero attached hydrogens (tertiary/aromatic N) is 4. The molecule has 1 amide bonds. The summed E-state index contributed by atoms with van der Waals surface area (Å²) in [6.07, 6.45) is 6.00. The van der Waals surface area contributed by atoms with Crippen LogP contribution >= 0.6 is 0 Å². The van der Waals surface area contributed by atoms with Crippen molar-refractivity contribution in [1.82, 2.24) is 14.9 Å². The molecule has 6 heteroatoms. The van der Waals surface area contributed by atoms with Crippen LogP contribution in [0.1, 0.15) is 25.7 Å². The second-order valence-electron chi connectivity index (χ2n) is 6.12. The normalized spacial score (nSPS) is 20.0. The number of oxazole rings is 1. The van der Waals surface area contributed by atoms with Gasteiger partial charge in [-0.2, -0.15) is 4.98 Å². The van der Waals surface area contributed by atoms with E-state index in [0.29, 0.717) is 23.2 Å². The molecule has 0 N–H and O–H groups in total. The van der Waals surface area contributed by atoms with Crippen LogP contribution in [0, 0.1) is 5.92 Å². The van der Waals surface area contributed by atoms with E-state index in [4.69, 9.17) is 4.42 Å². The summed E-state index contributed by atoms with van der Waals surface area (Å²) < 4.78 is 5.79. The summed E-state index contributed by atoms with van der Waals surface area (Å²) in [5.74, 6) is 0.618. The van der Waals surface area contributed by atoms with Gasteiger partial charge >= 0.3 is 0 Å². The van der Waals surface area contributed by atoms with Gasteiger partial charge in [-0.15, -0.1) is 0 Å². The third-order valence-corrected chi connectivity index (χ3v) is 4.69. The number of hydrogen-bond donors (Lipinski definition) is 0. The summed E-state index contributed by atoms with van der Waals surface area (Å²) in [6, 6.07) is 4.34. The molecule has 1 saturated carbocycles. The average molecular weight is 300 g/mol. The first-order valence-corrected chi connectivity index (χ1v) is 8.06. The van der Waals surface area contributed by atoms with E-state index < -0.39 is 0 Å². The van der Waals surface area contributed by atoms with Gasteiger partial charge in [-0.1, -0.05) is 6.42 Å². The number of carbonyl (C=O) groups excluding carboxylic acids is 1. The molecule has 0 radical (unpaired) electrons. The standard InChI is InChI=1S/C16H20N4O2/c21-15(12-4-1-5-12)19-8-3-9-20(11-10-19)16-18-14-13(22-16)6-2-7-17-14/h2,6-7,12H,1,3-5,8-11H2. The van der Waals surface area contributed by atoms with E-state index in [1.54, 1.807) is 6.20 Å². The fourth-order valence-corrected chi connectivity index (χ4v) is 3.14. The van der Waals surface area contributed by atoms with Crippen LogP contribution < -0.4 is 4.90 Å². The van der Waals surface area contributed by atoms with E-state index in [0.717, 1.165) is 45.4 Å². The van der Waals surface area contributed by atoms with Gasteiger partial charge in [0.1, 0.15) is 0 Å². The Morgan fingerprint density at radius 1 is 1.18 bits per heavy atom. The molecule has 4 rings (SSSR count). The lowest BCUT2D eigenvalue weighted by Crippen LogP contribution is -2.41. The minimum Gasteiger partial charge on any atom is -0.422 e. The first-order valence-electron chi connectivity index (χ1n) is 8.06. The molecule has 2 aliphatic rings. The molecule has 116 valence electrons. The smallest absolute Gasteiger partial charge is 0.300 e. The highest BCUT2D eigenvalue weighted by Crippen LogP contribution is 2.29. The number of rotatable bonds is 2. The maximum Gasteiger partial charge on any atom is 0.300 e. The number of pyridine rings is 1. The van der Waals surface area contributed by atoms with Crippen molar-refractivity contribution in [3.8, 4) is 0 Å². The van der Waals surface area contributed by atoms with E-state index in [-0.39, 0.29) is 5.92 Å². The van der Waals surface area contributed by atoms with E-state index >= 15 is 0 Å². The number of fused-ring (bicyclic) bond motifs is 1. The number of anilines is 1. The van der Waals surface area contributed by atoms with E-state index in [9.17, 15) is 4.79 Å². The molecular weight excluding hydrogens is 280 g/mol. The number of aromatic nitrogens is 2. The van der Waals surface area contributed by atoms with Crippen molar-refractivity contribution in [3.05, 3.63) is 18.3 Å². The highest BCUT2D eigenvalue weighted by molar-refractivity contribution is 5.79. The molecule has 3 heterocycles. The van der Waals surface area contributed by atoms with Crippen LogP contribution in [0.15, 0.2) is 22.7 Å². The summed E-state index contributed by atoms with van der Waals surface area (Å²) in [7, 11) is 0. The third kappa shape index (κ3) is 2.42. The lowest BCUT2D eigenvalue weighted by Gasteiger charge is -2.30. The van der Waals surface area contributed by atoms with Crippen molar-refractivity contribution < 1.29 is 9.21 Å². The lowest BCUT2D eigenvalue weighted by molar-refractivity contribution is -0.137. The fourth-order valence-electron chi connectivity index (χ4n) is 3.14. The van der Waals surface area contributed by atoms with E-state index in [2.05, 4.69) is 14.9 Å². The van der Waals surface area contributed by atoms with Gasteiger partial charge in [0.15, 0.2) is 5.58 Å². The molecule has 0 atom stereocenters. The molecule has 6 nitrogen and oxygen atoms in total. The monoisotopic (exact) mass is 300 g/mol. The molecule has 2 aromatic heterocycles. The van der Waals surface area contributed by atoms with Crippen LogP contribution in [-0.4, -0.2) is 47.0 Å². The molecular formula is C16H20N4O2. The zero-order valence-corrected chi connectivity index (χ0v) is 12.6. The van der Waals surface area contributed by atoms with Gasteiger partial charge in [0.2, 0.25) is 11.6 Å². The maximum absolute atomic E-state index is 12.4. The minimum atomic E-state index is 0.278. The second kappa shape index (κ2) is 5.59. The first-order chi connectivity index (χ1) is 10.8. The van der Waals surface area contributed by atoms with Crippen molar-refractivity contribution in [2.75, 3.05) is 31.1 Å². The van der Waals surface area contributed by atoms with Gasteiger partial charge in [0.25, 0.3) is 6.01 Å². The molecule has 1 aliphatic carbocycles. The molecule has 0 spiro atoms. The van der Waals surface area contributed by atoms with Crippen LogP contribution in [0.4, 0.5) is 6.01 Å². The molecule has 2 fully saturated rings. The number of hydrogen-bond acceptors (Lipinski definition) is 5. The molecule has 22 heavy (non-hydrogen) atoms. The van der Waals surface area contributed by atoms with Crippen molar-refractivity contribution in [1.29, 1.82) is 0 Å². The fraction of sp³-hybridized carbons (Fsp3) is 0.562. The Morgan fingerprint density at radius 2 is 2.09 bits per heavy atom. The molecule has 2 aromatic rings. The highest BCUT2D eigenvalue weighted by atomic mass is 16.4. The van der Waals surface area contributed by atoms with Crippen molar-refractivity contribution in [2.45, 2.75) is 25.7 Å². The van der Waals surface area contributed by atoms with Crippen molar-refractivity contribution >= 4 is 23.2 Å². The minimum absolute atomic E-state index is 0.278. The van der Waals surface area contributed by atoms with E-state index in [1.165, 1.54) is 6.42 Å². The summed E-state index contributed by atoms with van der Waals surface area (Å²) in [6.45, 7) is 3.22. The summed E-state index contributed by atoms with van der Waals surface area (Å²) in [4.78, 5) is 25.2. The van der Waals surface area contributed by atoms with Crippen LogP contribution in [0.25, 0.3) is 11.2 Å².